The number of rotatable bonds is 13. The molecule has 0 radical (unpaired) electrons. The number of thiophene rings is 2. The molecule has 6 heteroatoms. The van der Waals surface area contributed by atoms with Crippen LogP contribution in [0.15, 0.2) is 8.95 Å². The molecule has 0 aromatic carbocycles. The van der Waals surface area contributed by atoms with Gasteiger partial charge in [-0.25, -0.2) is 0 Å². The molecule has 0 saturated heterocycles. The summed E-state index contributed by atoms with van der Waals surface area (Å²) in [7, 11) is -2.79. The third kappa shape index (κ3) is 7.40. The summed E-state index contributed by atoms with van der Waals surface area (Å²) in [4.78, 5) is 2.98. The van der Waals surface area contributed by atoms with Crippen LogP contribution < -0.4 is 9.00 Å². The lowest BCUT2D eigenvalue weighted by molar-refractivity contribution is 0.667. The van der Waals surface area contributed by atoms with E-state index in [9.17, 15) is 0 Å². The minimum Gasteiger partial charge on any atom is -0.143 e. The highest BCUT2D eigenvalue weighted by molar-refractivity contribution is 9.11. The van der Waals surface area contributed by atoms with E-state index in [1.54, 1.807) is 20.1 Å². The van der Waals surface area contributed by atoms with Crippen molar-refractivity contribution in [2.24, 2.45) is 0 Å². The predicted molar refractivity (Wildman–Crippen MR) is 165 cm³/mol. The van der Waals surface area contributed by atoms with Crippen molar-refractivity contribution in [2.45, 2.75) is 117 Å². The normalized spacial score (nSPS) is 12.7. The highest BCUT2D eigenvalue weighted by Gasteiger charge is 2.31. The van der Waals surface area contributed by atoms with E-state index >= 15 is 0 Å². The fraction of sp³-hybridized carbons (Fsp3) is 0.692. The van der Waals surface area contributed by atoms with Crippen LogP contribution in [-0.4, -0.2) is 16.1 Å². The predicted octanol–water partition coefficient (Wildman–Crippen LogP) is 10.3. The summed E-state index contributed by atoms with van der Waals surface area (Å²) in [5.74, 6) is 0. The Balaban J connectivity index is 2.51. The minimum atomic E-state index is -1.39. The molecule has 0 nitrogen and oxygen atoms in total. The van der Waals surface area contributed by atoms with Crippen LogP contribution in [0.2, 0.25) is 39.3 Å². The van der Waals surface area contributed by atoms with Gasteiger partial charge in [0.2, 0.25) is 0 Å². The maximum Gasteiger partial charge on any atom is 0.0908 e. The Kier molecular flexibility index (Phi) is 11.5. The summed E-state index contributed by atoms with van der Waals surface area (Å²) in [6, 6.07) is 0. The van der Waals surface area contributed by atoms with Gasteiger partial charge in [-0.05, 0) is 77.7 Å². The number of unbranched alkanes of at least 4 members (excludes halogenated alkanes) is 6. The monoisotopic (exact) mass is 634 g/mol. The highest BCUT2D eigenvalue weighted by atomic mass is 79.9. The molecule has 0 bridgehead atoms. The standard InChI is InChI=1S/C26H44Br2S2Si2/c1-9-11-13-15-17-19-21(27)23(29-25(19)31(3,4)5)24-22(28)20(18-16-14-12-10-2)26(30-24)32(6,7)8/h9-18H2,1-8H3. The first-order chi connectivity index (χ1) is 14.9. The van der Waals surface area contributed by atoms with Gasteiger partial charge in [0.25, 0.3) is 0 Å². The Morgan fingerprint density at radius 2 is 0.906 bits per heavy atom. The van der Waals surface area contributed by atoms with E-state index in [1.807, 2.05) is 0 Å². The van der Waals surface area contributed by atoms with Gasteiger partial charge in [0, 0.05) is 8.95 Å². The first-order valence-electron chi connectivity index (χ1n) is 12.6. The van der Waals surface area contributed by atoms with Crippen LogP contribution in [0.1, 0.15) is 76.3 Å². The van der Waals surface area contributed by atoms with Gasteiger partial charge in [0.15, 0.2) is 0 Å². The van der Waals surface area contributed by atoms with E-state index in [0.29, 0.717) is 0 Å². The average Bonchev–Trinajstić information content (AvgIpc) is 3.19. The molecule has 0 aliphatic carbocycles. The first kappa shape index (κ1) is 29.0. The van der Waals surface area contributed by atoms with Gasteiger partial charge in [-0.3, -0.25) is 0 Å². The largest absolute Gasteiger partial charge is 0.143 e. The minimum absolute atomic E-state index is 1.23. The molecule has 0 N–H and O–H groups in total. The summed E-state index contributed by atoms with van der Waals surface area (Å²) in [6.45, 7) is 19.7. The summed E-state index contributed by atoms with van der Waals surface area (Å²) in [5, 5.41) is 0. The van der Waals surface area contributed by atoms with Crippen LogP contribution in [0.5, 0.6) is 0 Å². The Hall–Kier alpha value is 0.794. The molecule has 0 unspecified atom stereocenters. The number of halogens is 2. The van der Waals surface area contributed by atoms with Crippen molar-refractivity contribution in [1.82, 2.24) is 0 Å². The van der Waals surface area contributed by atoms with Gasteiger partial charge < -0.3 is 0 Å². The fourth-order valence-electron chi connectivity index (χ4n) is 4.30. The topological polar surface area (TPSA) is 0 Å². The van der Waals surface area contributed by atoms with Crippen LogP contribution in [-0.2, 0) is 12.8 Å². The zero-order chi connectivity index (χ0) is 24.1. The van der Waals surface area contributed by atoms with Gasteiger partial charge in [0.05, 0.1) is 25.9 Å². The van der Waals surface area contributed by atoms with Crippen molar-refractivity contribution in [2.75, 3.05) is 0 Å². The van der Waals surface area contributed by atoms with Crippen molar-refractivity contribution in [3.8, 4) is 9.75 Å². The lowest BCUT2D eigenvalue weighted by Gasteiger charge is -2.17. The third-order valence-corrected chi connectivity index (χ3v) is 18.2. The number of hydrogen-bond acceptors (Lipinski definition) is 2. The van der Waals surface area contributed by atoms with Gasteiger partial charge in [0.1, 0.15) is 0 Å². The van der Waals surface area contributed by atoms with E-state index < -0.39 is 16.1 Å². The third-order valence-electron chi connectivity index (χ3n) is 6.01. The van der Waals surface area contributed by atoms with Crippen LogP contribution in [0.25, 0.3) is 9.75 Å². The quantitative estimate of drug-likeness (QED) is 0.152. The van der Waals surface area contributed by atoms with Gasteiger partial charge in [-0.1, -0.05) is 91.7 Å². The van der Waals surface area contributed by atoms with Crippen LogP contribution >= 0.6 is 54.5 Å². The Labute approximate surface area is 225 Å². The Morgan fingerprint density at radius 3 is 1.19 bits per heavy atom. The molecule has 2 rings (SSSR count). The van der Waals surface area contributed by atoms with E-state index in [0.717, 1.165) is 0 Å². The van der Waals surface area contributed by atoms with Crippen LogP contribution in [0.4, 0.5) is 0 Å². The maximum absolute atomic E-state index is 4.12. The van der Waals surface area contributed by atoms with Crippen molar-refractivity contribution in [1.29, 1.82) is 0 Å². The van der Waals surface area contributed by atoms with Crippen molar-refractivity contribution in [3.63, 3.8) is 0 Å². The van der Waals surface area contributed by atoms with E-state index in [2.05, 4.69) is 108 Å². The summed E-state index contributed by atoms with van der Waals surface area (Å²) < 4.78 is 6.21. The van der Waals surface area contributed by atoms with Crippen LogP contribution in [0, 0.1) is 0 Å². The molecule has 2 heterocycles. The van der Waals surface area contributed by atoms with E-state index in [1.165, 1.54) is 82.9 Å². The zero-order valence-electron chi connectivity index (χ0n) is 21.6. The number of hydrogen-bond donors (Lipinski definition) is 0. The molecule has 0 fully saturated rings. The summed E-state index contributed by atoms with van der Waals surface area (Å²) in [6.07, 6.45) is 13.1. The highest BCUT2D eigenvalue weighted by Crippen LogP contribution is 2.45. The second-order valence-electron chi connectivity index (χ2n) is 11.2. The second-order valence-corrected chi connectivity index (χ2v) is 25.6. The fourth-order valence-corrected chi connectivity index (χ4v) is 14.4. The summed E-state index contributed by atoms with van der Waals surface area (Å²) in [5.41, 5.74) is 3.25. The molecule has 0 amide bonds. The maximum atomic E-state index is 4.12. The molecule has 2 aromatic rings. The Bertz CT molecular complexity index is 798. The van der Waals surface area contributed by atoms with Gasteiger partial charge >= 0.3 is 0 Å². The molecule has 182 valence electrons. The molecule has 2 aromatic heterocycles. The molecular formula is C26H44Br2S2Si2. The van der Waals surface area contributed by atoms with Crippen LogP contribution in [0.3, 0.4) is 0 Å². The molecule has 0 aliphatic rings. The van der Waals surface area contributed by atoms with Gasteiger partial charge in [-0.2, -0.15) is 0 Å². The molecule has 0 saturated carbocycles. The molecule has 0 spiro atoms. The molecular weight excluding hydrogens is 592 g/mol. The average molecular weight is 637 g/mol. The SMILES string of the molecule is CCCCCCc1c([Si](C)(C)C)sc(-c2sc([Si](C)(C)C)c(CCCCCC)c2Br)c1Br. The van der Waals surface area contributed by atoms with Crippen molar-refractivity contribution >= 4 is 79.7 Å². The molecule has 32 heavy (non-hydrogen) atoms. The zero-order valence-corrected chi connectivity index (χ0v) is 28.4. The smallest absolute Gasteiger partial charge is 0.0908 e. The van der Waals surface area contributed by atoms with E-state index in [4.69, 9.17) is 0 Å². The second kappa shape index (κ2) is 12.7. The first-order valence-corrected chi connectivity index (χ1v) is 22.8. The Morgan fingerprint density at radius 1 is 0.562 bits per heavy atom. The molecule has 0 aliphatic heterocycles. The van der Waals surface area contributed by atoms with Crippen molar-refractivity contribution in [3.05, 3.63) is 20.1 Å². The van der Waals surface area contributed by atoms with E-state index in [-0.39, 0.29) is 0 Å². The lowest BCUT2D eigenvalue weighted by Crippen LogP contribution is -2.37. The summed E-state index contributed by atoms with van der Waals surface area (Å²) >= 11 is 12.4. The van der Waals surface area contributed by atoms with Crippen molar-refractivity contribution < 1.29 is 0 Å². The molecule has 0 atom stereocenters. The lowest BCUT2D eigenvalue weighted by atomic mass is 10.1. The van der Waals surface area contributed by atoms with Gasteiger partial charge in [-0.15, -0.1) is 22.7 Å².